The van der Waals surface area contributed by atoms with Crippen molar-refractivity contribution in [3.05, 3.63) is 51.6 Å². The quantitative estimate of drug-likeness (QED) is 0.316. The number of nitrogens with one attached hydrogen (secondary N) is 2. The lowest BCUT2D eigenvalue weighted by Crippen LogP contribution is -2.36. The molecular weight excluding hydrogens is 537 g/mol. The van der Waals surface area contributed by atoms with Crippen LogP contribution in [0.15, 0.2) is 34.9 Å². The molecule has 0 radical (unpaired) electrons. The van der Waals surface area contributed by atoms with E-state index in [-0.39, 0.29) is 7.92 Å². The normalized spacial score (nSPS) is 13.7. The maximum atomic E-state index is 5.77. The fourth-order valence-electron chi connectivity index (χ4n) is 4.50. The number of hydrogen-bond donors (Lipinski definition) is 2. The highest BCUT2D eigenvalue weighted by molar-refractivity contribution is 9.10. The molecule has 0 unspecified atom stereocenters. The molecule has 36 heavy (non-hydrogen) atoms. The minimum absolute atomic E-state index is 0.293. The number of aryl methyl sites for hydroxylation is 2. The highest BCUT2D eigenvalue weighted by atomic mass is 79.9. The minimum Gasteiger partial charge on any atom is -0.494 e. The van der Waals surface area contributed by atoms with Gasteiger partial charge in [-0.3, -0.25) is 0 Å². The second-order valence-corrected chi connectivity index (χ2v) is 12.2. The van der Waals surface area contributed by atoms with Crippen molar-refractivity contribution in [3.63, 3.8) is 0 Å². The van der Waals surface area contributed by atoms with Gasteiger partial charge in [0.25, 0.3) is 0 Å². The summed E-state index contributed by atoms with van der Waals surface area (Å²) in [6, 6.07) is 8.55. The molecule has 0 bridgehead atoms. The first-order valence-electron chi connectivity index (χ1n) is 12.2. The Hall–Kier alpha value is -2.41. The Bertz CT molecular complexity index is 1230. The molecule has 0 amide bonds. The molecule has 1 saturated heterocycles. The standard InChI is InChI=1S/C27H35BrN5O2P/c1-7-19-14-22(24(34-4)15-23(19)33-10-12-35-13-11-33)31-27-29-16-20(28)26(32-27)30-21-9-8-17(2)18(3)25(21)36(5)6/h8-9,14-16H,7,10-13H2,1-6H3,(H2,29,30,31,32). The Labute approximate surface area is 223 Å². The van der Waals surface area contributed by atoms with Crippen LogP contribution in [-0.4, -0.2) is 56.7 Å². The van der Waals surface area contributed by atoms with Gasteiger partial charge in [-0.05, 0) is 78.4 Å². The van der Waals surface area contributed by atoms with Crippen LogP contribution >= 0.6 is 23.9 Å². The van der Waals surface area contributed by atoms with Crippen LogP contribution in [-0.2, 0) is 11.2 Å². The second-order valence-electron chi connectivity index (χ2n) is 9.07. The predicted molar refractivity (Wildman–Crippen MR) is 156 cm³/mol. The van der Waals surface area contributed by atoms with E-state index in [1.165, 1.54) is 27.7 Å². The summed E-state index contributed by atoms with van der Waals surface area (Å²) in [5, 5.41) is 8.30. The third-order valence-electron chi connectivity index (χ3n) is 6.53. The van der Waals surface area contributed by atoms with Gasteiger partial charge in [0.1, 0.15) is 11.6 Å². The predicted octanol–water partition coefficient (Wildman–Crippen LogP) is 6.12. The molecule has 1 aliphatic heterocycles. The van der Waals surface area contributed by atoms with Crippen molar-refractivity contribution in [1.82, 2.24) is 9.97 Å². The van der Waals surface area contributed by atoms with Gasteiger partial charge in [0, 0.05) is 42.0 Å². The number of hydrogen-bond acceptors (Lipinski definition) is 7. The number of ether oxygens (including phenoxy) is 2. The minimum atomic E-state index is -0.293. The van der Waals surface area contributed by atoms with Crippen LogP contribution in [0.1, 0.15) is 23.6 Å². The number of anilines is 5. The maximum absolute atomic E-state index is 5.77. The average molecular weight is 572 g/mol. The number of aromatic nitrogens is 2. The number of methoxy groups -OCH3 is 1. The summed E-state index contributed by atoms with van der Waals surface area (Å²) in [7, 11) is 1.40. The Kier molecular flexibility index (Phi) is 8.70. The molecule has 0 spiro atoms. The van der Waals surface area contributed by atoms with E-state index in [2.05, 4.69) is 94.8 Å². The van der Waals surface area contributed by atoms with E-state index >= 15 is 0 Å². The first-order chi connectivity index (χ1) is 17.3. The monoisotopic (exact) mass is 571 g/mol. The molecule has 3 aromatic rings. The fraction of sp³-hybridized carbons (Fsp3) is 0.407. The molecule has 2 heterocycles. The fourth-order valence-corrected chi connectivity index (χ4v) is 6.25. The number of benzene rings is 2. The smallest absolute Gasteiger partial charge is 0.229 e. The first-order valence-corrected chi connectivity index (χ1v) is 15.2. The summed E-state index contributed by atoms with van der Waals surface area (Å²) in [5.74, 6) is 1.98. The molecule has 4 rings (SSSR count). The number of rotatable bonds is 8. The number of halogens is 1. The van der Waals surface area contributed by atoms with E-state index < -0.39 is 0 Å². The Morgan fingerprint density at radius 2 is 1.86 bits per heavy atom. The van der Waals surface area contributed by atoms with Gasteiger partial charge in [0.15, 0.2) is 0 Å². The topological polar surface area (TPSA) is 71.5 Å². The zero-order valence-electron chi connectivity index (χ0n) is 21.9. The van der Waals surface area contributed by atoms with Crippen molar-refractivity contribution in [1.29, 1.82) is 0 Å². The van der Waals surface area contributed by atoms with Crippen LogP contribution in [0.3, 0.4) is 0 Å². The van der Waals surface area contributed by atoms with Gasteiger partial charge in [-0.25, -0.2) is 4.98 Å². The highest BCUT2D eigenvalue weighted by Crippen LogP contribution is 2.37. The van der Waals surface area contributed by atoms with Crippen molar-refractivity contribution in [2.24, 2.45) is 0 Å². The molecular formula is C27H35BrN5O2P. The maximum Gasteiger partial charge on any atom is 0.229 e. The Balaban J connectivity index is 1.65. The summed E-state index contributed by atoms with van der Waals surface area (Å²) in [5.41, 5.74) is 7.00. The van der Waals surface area contributed by atoms with Crippen LogP contribution in [0, 0.1) is 13.8 Å². The van der Waals surface area contributed by atoms with Crippen molar-refractivity contribution >= 4 is 58.0 Å². The van der Waals surface area contributed by atoms with E-state index in [1.54, 1.807) is 13.3 Å². The Morgan fingerprint density at radius 1 is 1.11 bits per heavy atom. The van der Waals surface area contributed by atoms with Gasteiger partial charge in [-0.2, -0.15) is 4.98 Å². The Morgan fingerprint density at radius 3 is 2.53 bits per heavy atom. The third-order valence-corrected chi connectivity index (χ3v) is 8.58. The van der Waals surface area contributed by atoms with Gasteiger partial charge in [-0.15, -0.1) is 0 Å². The van der Waals surface area contributed by atoms with Crippen LogP contribution in [0.5, 0.6) is 5.75 Å². The zero-order chi connectivity index (χ0) is 25.8. The van der Waals surface area contributed by atoms with E-state index in [0.29, 0.717) is 11.8 Å². The lowest BCUT2D eigenvalue weighted by molar-refractivity contribution is 0.122. The highest BCUT2D eigenvalue weighted by Gasteiger charge is 2.19. The van der Waals surface area contributed by atoms with E-state index in [9.17, 15) is 0 Å². The molecule has 0 aliphatic carbocycles. The molecule has 9 heteroatoms. The molecule has 2 N–H and O–H groups in total. The van der Waals surface area contributed by atoms with Gasteiger partial charge in [-0.1, -0.05) is 20.9 Å². The summed E-state index contributed by atoms with van der Waals surface area (Å²) in [6.45, 7) is 14.3. The van der Waals surface area contributed by atoms with Gasteiger partial charge in [0.2, 0.25) is 5.95 Å². The largest absolute Gasteiger partial charge is 0.494 e. The zero-order valence-corrected chi connectivity index (χ0v) is 24.4. The molecule has 192 valence electrons. The molecule has 0 saturated carbocycles. The van der Waals surface area contributed by atoms with Gasteiger partial charge < -0.3 is 25.0 Å². The van der Waals surface area contributed by atoms with Crippen LogP contribution in [0.2, 0.25) is 0 Å². The summed E-state index contributed by atoms with van der Waals surface area (Å²) in [6.07, 6.45) is 2.68. The summed E-state index contributed by atoms with van der Waals surface area (Å²) < 4.78 is 12.1. The van der Waals surface area contributed by atoms with Gasteiger partial charge >= 0.3 is 0 Å². The first kappa shape index (κ1) is 26.6. The lowest BCUT2D eigenvalue weighted by atomic mass is 10.1. The number of morpholine rings is 1. The van der Waals surface area contributed by atoms with E-state index in [4.69, 9.17) is 14.5 Å². The molecule has 0 atom stereocenters. The molecule has 7 nitrogen and oxygen atoms in total. The van der Waals surface area contributed by atoms with Crippen molar-refractivity contribution in [2.75, 3.05) is 62.3 Å². The SMILES string of the molecule is CCc1cc(Nc2ncc(Br)c(Nc3ccc(C)c(C)c3P(C)C)n2)c(OC)cc1N1CCOCC1. The lowest BCUT2D eigenvalue weighted by Gasteiger charge is -2.31. The van der Waals surface area contributed by atoms with Crippen LogP contribution in [0.25, 0.3) is 0 Å². The molecule has 1 aliphatic rings. The van der Waals surface area contributed by atoms with Gasteiger partial charge in [0.05, 0.1) is 30.5 Å². The van der Waals surface area contributed by atoms with Crippen LogP contribution < -0.4 is 25.6 Å². The van der Waals surface area contributed by atoms with Crippen molar-refractivity contribution in [3.8, 4) is 5.75 Å². The van der Waals surface area contributed by atoms with Crippen molar-refractivity contribution < 1.29 is 9.47 Å². The summed E-state index contributed by atoms with van der Waals surface area (Å²) in [4.78, 5) is 11.7. The van der Waals surface area contributed by atoms with Crippen LogP contribution in [0.4, 0.5) is 28.8 Å². The number of nitrogens with zero attached hydrogens (tertiary/aromatic N) is 3. The van der Waals surface area contributed by atoms with E-state index in [0.717, 1.165) is 54.3 Å². The van der Waals surface area contributed by atoms with E-state index in [1.807, 2.05) is 0 Å². The molecule has 1 fully saturated rings. The molecule has 2 aromatic carbocycles. The molecule has 1 aromatic heterocycles. The third kappa shape index (κ3) is 5.77. The van der Waals surface area contributed by atoms with Crippen molar-refractivity contribution in [2.45, 2.75) is 27.2 Å². The average Bonchev–Trinajstić information content (AvgIpc) is 2.88. The second kappa shape index (κ2) is 11.8. The summed E-state index contributed by atoms with van der Waals surface area (Å²) >= 11 is 3.62.